The topological polar surface area (TPSA) is 78.9 Å². The number of nitrogens with zero attached hydrogens (tertiary/aromatic N) is 2. The first-order chi connectivity index (χ1) is 13.7. The van der Waals surface area contributed by atoms with Crippen LogP contribution in [-0.4, -0.2) is 42.8 Å². The van der Waals surface area contributed by atoms with Crippen molar-refractivity contribution >= 4 is 17.2 Å². The van der Waals surface area contributed by atoms with Crippen LogP contribution in [0.3, 0.4) is 0 Å². The Morgan fingerprint density at radius 3 is 2.24 bits per heavy atom. The average Bonchev–Trinajstić information content (AvgIpc) is 2.71. The van der Waals surface area contributed by atoms with Crippen LogP contribution in [0.1, 0.15) is 26.3 Å². The quantitative estimate of drug-likeness (QED) is 0.309. The Balaban J connectivity index is 0. The van der Waals surface area contributed by atoms with Crippen molar-refractivity contribution in [2.75, 3.05) is 21.2 Å². The van der Waals surface area contributed by atoms with Gasteiger partial charge in [-0.15, -0.1) is 0 Å². The van der Waals surface area contributed by atoms with Crippen molar-refractivity contribution in [1.82, 2.24) is 4.90 Å². The van der Waals surface area contributed by atoms with Gasteiger partial charge in [-0.2, -0.15) is 0 Å². The number of carbonyl (C=O) groups is 1. The molecule has 0 aliphatic carbocycles. The van der Waals surface area contributed by atoms with E-state index in [-0.39, 0.29) is 22.5 Å². The van der Waals surface area contributed by atoms with E-state index in [1.165, 1.54) is 24.5 Å². The number of allylic oxidation sites excluding steroid dienone is 2. The number of carbonyl (C=O) groups excluding carboxylic acids is 1. The SMILES string of the molecule is C=CN=C(N)/C(=C\C)C(=C)C(=O)/C(=C/N(C)C)c1cccc(F)c1F.CC.CO. The molecule has 3 N–H and O–H groups in total. The summed E-state index contributed by atoms with van der Waals surface area (Å²) >= 11 is 0. The van der Waals surface area contributed by atoms with E-state index in [2.05, 4.69) is 18.2 Å². The second kappa shape index (κ2) is 14.9. The summed E-state index contributed by atoms with van der Waals surface area (Å²) in [5.41, 5.74) is 5.92. The fourth-order valence-corrected chi connectivity index (χ4v) is 2.15. The van der Waals surface area contributed by atoms with Gasteiger partial charge in [-0.3, -0.25) is 4.79 Å². The van der Waals surface area contributed by atoms with Crippen molar-refractivity contribution in [3.8, 4) is 0 Å². The molecule has 0 saturated carbocycles. The zero-order valence-corrected chi connectivity index (χ0v) is 18.0. The Morgan fingerprint density at radius 2 is 1.79 bits per heavy atom. The molecule has 0 aliphatic heterocycles. The second-order valence-corrected chi connectivity index (χ2v) is 5.31. The first kappa shape index (κ1) is 28.2. The number of halogens is 2. The van der Waals surface area contributed by atoms with E-state index >= 15 is 0 Å². The lowest BCUT2D eigenvalue weighted by atomic mass is 9.93. The maximum absolute atomic E-state index is 14.2. The standard InChI is InChI=1S/C19H21F2N3O.C2H6.CH4O/c1-6-13(19(22)23-7-2)12(3)18(25)15(11-24(4)5)14-9-8-10-16(20)17(14)21;2*1-2/h6-11H,2-3H2,1,4-5H3,(H2,22,23);1-2H3;2H,1H3/b13-6-,15-11+;;. The van der Waals surface area contributed by atoms with Crippen LogP contribution in [0.25, 0.3) is 5.57 Å². The fraction of sp³-hybridized carbons (Fsp3) is 0.273. The van der Waals surface area contributed by atoms with Gasteiger partial charge < -0.3 is 15.7 Å². The van der Waals surface area contributed by atoms with Crippen LogP contribution in [0.4, 0.5) is 8.78 Å². The van der Waals surface area contributed by atoms with Crippen molar-refractivity contribution in [2.45, 2.75) is 20.8 Å². The first-order valence-corrected chi connectivity index (χ1v) is 8.86. The number of hydrogen-bond acceptors (Lipinski definition) is 4. The van der Waals surface area contributed by atoms with E-state index in [0.29, 0.717) is 5.57 Å². The lowest BCUT2D eigenvalue weighted by molar-refractivity contribution is -0.110. The maximum atomic E-state index is 14.2. The van der Waals surface area contributed by atoms with Gasteiger partial charge in [0.1, 0.15) is 5.84 Å². The molecule has 1 aromatic carbocycles. The van der Waals surface area contributed by atoms with Gasteiger partial charge in [-0.05, 0) is 13.0 Å². The normalized spacial score (nSPS) is 11.4. The molecule has 0 spiro atoms. The van der Waals surface area contributed by atoms with Crippen LogP contribution < -0.4 is 5.73 Å². The highest BCUT2D eigenvalue weighted by Gasteiger charge is 2.23. The zero-order chi connectivity index (χ0) is 23.1. The van der Waals surface area contributed by atoms with Gasteiger partial charge >= 0.3 is 0 Å². The number of hydrogen-bond donors (Lipinski definition) is 2. The Morgan fingerprint density at radius 1 is 1.24 bits per heavy atom. The van der Waals surface area contributed by atoms with Gasteiger partial charge in [0.15, 0.2) is 17.4 Å². The van der Waals surface area contributed by atoms with E-state index < -0.39 is 17.4 Å². The third kappa shape index (κ3) is 8.23. The minimum Gasteiger partial charge on any atom is -0.400 e. The molecule has 0 aliphatic rings. The molecular formula is C22H31F2N3O2. The smallest absolute Gasteiger partial charge is 0.195 e. The van der Waals surface area contributed by atoms with E-state index in [9.17, 15) is 13.6 Å². The Bertz CT molecular complexity index is 795. The molecule has 0 amide bonds. The van der Waals surface area contributed by atoms with Crippen molar-refractivity contribution in [2.24, 2.45) is 10.7 Å². The van der Waals surface area contributed by atoms with Gasteiger partial charge in [0, 0.05) is 55.9 Å². The van der Waals surface area contributed by atoms with Gasteiger partial charge in [0.2, 0.25) is 0 Å². The van der Waals surface area contributed by atoms with Crippen LogP contribution in [-0.2, 0) is 4.79 Å². The Labute approximate surface area is 172 Å². The molecule has 1 rings (SSSR count). The number of nitrogens with two attached hydrogens (primary N) is 1. The third-order valence-corrected chi connectivity index (χ3v) is 3.27. The van der Waals surface area contributed by atoms with Crippen LogP contribution in [0.5, 0.6) is 0 Å². The van der Waals surface area contributed by atoms with E-state index in [1.807, 2.05) is 13.8 Å². The molecular weight excluding hydrogens is 376 g/mol. The van der Waals surface area contributed by atoms with Crippen LogP contribution >= 0.6 is 0 Å². The number of rotatable bonds is 7. The zero-order valence-electron chi connectivity index (χ0n) is 18.0. The third-order valence-electron chi connectivity index (χ3n) is 3.27. The van der Waals surface area contributed by atoms with Crippen molar-refractivity contribution < 1.29 is 18.7 Å². The molecule has 0 radical (unpaired) electrons. The number of aliphatic hydroxyl groups excluding tert-OH is 1. The molecule has 0 unspecified atom stereocenters. The maximum Gasteiger partial charge on any atom is 0.195 e. The van der Waals surface area contributed by atoms with Gasteiger partial charge in [0.25, 0.3) is 0 Å². The first-order valence-electron chi connectivity index (χ1n) is 8.86. The summed E-state index contributed by atoms with van der Waals surface area (Å²) in [5.74, 6) is -2.68. The Hall–Kier alpha value is -3.06. The number of aliphatic hydroxyl groups is 1. The predicted octanol–water partition coefficient (Wildman–Crippen LogP) is 4.07. The van der Waals surface area contributed by atoms with Gasteiger partial charge in [0.05, 0.1) is 0 Å². The minimum absolute atomic E-state index is 0.0161. The van der Waals surface area contributed by atoms with E-state index in [1.54, 1.807) is 32.0 Å². The van der Waals surface area contributed by atoms with Crippen LogP contribution in [0.15, 0.2) is 66.0 Å². The van der Waals surface area contributed by atoms with Gasteiger partial charge in [-0.1, -0.05) is 45.2 Å². The molecule has 160 valence electrons. The number of amidine groups is 1. The Kier molecular flexibility index (Phi) is 14.5. The summed E-state index contributed by atoms with van der Waals surface area (Å²) in [6.07, 6.45) is 4.21. The monoisotopic (exact) mass is 407 g/mol. The highest BCUT2D eigenvalue weighted by Crippen LogP contribution is 2.26. The largest absolute Gasteiger partial charge is 0.400 e. The molecule has 0 saturated heterocycles. The summed E-state index contributed by atoms with van der Waals surface area (Å²) in [6.45, 7) is 12.9. The second-order valence-electron chi connectivity index (χ2n) is 5.31. The molecule has 0 aromatic heterocycles. The summed E-state index contributed by atoms with van der Waals surface area (Å²) in [6, 6.07) is 3.64. The number of ketones is 1. The highest BCUT2D eigenvalue weighted by molar-refractivity contribution is 6.32. The number of aliphatic imine (C=N–C) groups is 1. The molecule has 5 nitrogen and oxygen atoms in total. The van der Waals surface area contributed by atoms with Gasteiger partial charge in [-0.25, -0.2) is 13.8 Å². The summed E-state index contributed by atoms with van der Waals surface area (Å²) in [4.78, 5) is 18.3. The predicted molar refractivity (Wildman–Crippen MR) is 117 cm³/mol. The van der Waals surface area contributed by atoms with E-state index in [4.69, 9.17) is 10.8 Å². The van der Waals surface area contributed by atoms with E-state index in [0.717, 1.165) is 13.2 Å². The molecule has 7 heteroatoms. The van der Waals surface area contributed by atoms with Crippen molar-refractivity contribution in [3.05, 3.63) is 78.2 Å². The summed E-state index contributed by atoms with van der Waals surface area (Å²) < 4.78 is 27.8. The highest BCUT2D eigenvalue weighted by atomic mass is 19.2. The summed E-state index contributed by atoms with van der Waals surface area (Å²) in [7, 11) is 4.33. The molecule has 29 heavy (non-hydrogen) atoms. The number of Topliss-reactive ketones (excluding diaryl/α,β-unsaturated/α-hetero) is 1. The lowest BCUT2D eigenvalue weighted by Crippen LogP contribution is -2.21. The van der Waals surface area contributed by atoms with Crippen LogP contribution in [0, 0.1) is 11.6 Å². The lowest BCUT2D eigenvalue weighted by Gasteiger charge is -2.15. The van der Waals surface area contributed by atoms with Crippen molar-refractivity contribution in [1.29, 1.82) is 0 Å². The number of benzene rings is 1. The molecule has 0 heterocycles. The molecule has 0 bridgehead atoms. The average molecular weight is 408 g/mol. The van der Waals surface area contributed by atoms with Crippen LogP contribution in [0.2, 0.25) is 0 Å². The molecule has 0 atom stereocenters. The minimum atomic E-state index is -1.11. The fourth-order valence-electron chi connectivity index (χ4n) is 2.15. The van der Waals surface area contributed by atoms with Crippen molar-refractivity contribution in [3.63, 3.8) is 0 Å². The molecule has 0 fully saturated rings. The summed E-state index contributed by atoms with van der Waals surface area (Å²) in [5, 5.41) is 7.00. The molecule has 1 aromatic rings.